The lowest BCUT2D eigenvalue weighted by atomic mass is 9.99. The van der Waals surface area contributed by atoms with Gasteiger partial charge in [-0.3, -0.25) is 0 Å². The molecule has 12 heteroatoms. The Bertz CT molecular complexity index is 1740. The monoisotopic (exact) mass is 702 g/mol. The number of alkyl halides is 3. The Balaban J connectivity index is 1.42. The van der Waals surface area contributed by atoms with E-state index >= 15 is 0 Å². The molecule has 8 nitrogen and oxygen atoms in total. The molecule has 0 saturated carbocycles. The van der Waals surface area contributed by atoms with Crippen molar-refractivity contribution < 1.29 is 32.2 Å². The first kappa shape index (κ1) is 36.6. The average Bonchev–Trinajstić information content (AvgIpc) is 3.11. The normalized spacial score (nSPS) is 16.6. The first-order chi connectivity index (χ1) is 23.7. The fourth-order valence-corrected chi connectivity index (χ4v) is 10.5. The number of rotatable bonds is 8. The molecule has 1 saturated heterocycles. The van der Waals surface area contributed by atoms with Gasteiger partial charge < -0.3 is 24.1 Å². The van der Waals surface area contributed by atoms with Gasteiger partial charge in [0.25, 0.3) is 8.32 Å². The number of benzene rings is 3. The zero-order chi connectivity index (χ0) is 36.0. The van der Waals surface area contributed by atoms with E-state index in [0.29, 0.717) is 6.92 Å². The Kier molecular flexibility index (Phi) is 11.0. The van der Waals surface area contributed by atoms with E-state index in [9.17, 15) is 23.1 Å². The molecule has 50 heavy (non-hydrogen) atoms. The summed E-state index contributed by atoms with van der Waals surface area (Å²) in [6, 6.07) is 29.0. The highest BCUT2D eigenvalue weighted by atomic mass is 28.4. The van der Waals surface area contributed by atoms with Crippen molar-refractivity contribution in [2.45, 2.75) is 57.2 Å². The third-order valence-electron chi connectivity index (χ3n) is 8.90. The van der Waals surface area contributed by atoms with Gasteiger partial charge in [0.1, 0.15) is 12.6 Å². The first-order valence-electron chi connectivity index (χ1n) is 16.3. The van der Waals surface area contributed by atoms with Crippen molar-refractivity contribution in [3.8, 4) is 11.8 Å². The minimum atomic E-state index is -4.91. The average molecular weight is 703 g/mol. The molecule has 3 aromatic carbocycles. The number of aromatic nitrogens is 2. The second-order valence-corrected chi connectivity index (χ2v) is 17.6. The molecule has 1 aliphatic rings. The van der Waals surface area contributed by atoms with Gasteiger partial charge in [0.05, 0.1) is 13.2 Å². The Morgan fingerprint density at radius 3 is 1.94 bits per heavy atom. The van der Waals surface area contributed by atoms with E-state index in [2.05, 4.69) is 66.8 Å². The number of halogens is 3. The number of hydrogen-bond donors (Lipinski definition) is 1. The van der Waals surface area contributed by atoms with Gasteiger partial charge in [-0.25, -0.2) is 14.8 Å². The van der Waals surface area contributed by atoms with Crippen LogP contribution in [0.25, 0.3) is 0 Å². The molecule has 1 unspecified atom stereocenters. The number of piperazine rings is 1. The smallest absolute Gasteiger partial charge is 0.421 e. The summed E-state index contributed by atoms with van der Waals surface area (Å²) in [6.07, 6.45) is -3.50. The highest BCUT2D eigenvalue weighted by Crippen LogP contribution is 2.38. The first-order valence-corrected chi connectivity index (χ1v) is 18.2. The van der Waals surface area contributed by atoms with Gasteiger partial charge >= 0.3 is 12.3 Å². The van der Waals surface area contributed by atoms with E-state index in [0.717, 1.165) is 28.3 Å². The van der Waals surface area contributed by atoms with Crippen LogP contribution < -0.4 is 15.3 Å². The van der Waals surface area contributed by atoms with E-state index in [-0.39, 0.29) is 43.8 Å². The van der Waals surface area contributed by atoms with Crippen LogP contribution in [0.4, 0.5) is 23.9 Å². The zero-order valence-corrected chi connectivity index (χ0v) is 29.5. The highest BCUT2D eigenvalue weighted by Gasteiger charge is 2.52. The lowest BCUT2D eigenvalue weighted by molar-refractivity contribution is -0.259. The molecule has 1 fully saturated rings. The Morgan fingerprint density at radius 2 is 1.42 bits per heavy atom. The standard InChI is InChI=1S/C38H41F3N4O4Si/c1-36(2,3)50(32-18-10-6-11-19-32,33-20-12-7-13-21-33)49-24-14-17-31-27-44(35(46)48-28-29-15-8-5-9-16-29)22-23-45(31)34-42-25-30(26-43-34)37(4,47)38(39,40)41/h5-13,15-16,18-21,25-26,31,47H,22-24,27-28H2,1-4H3/t31?,37-/m1/s1. The van der Waals surface area contributed by atoms with E-state index < -0.39 is 37.8 Å². The zero-order valence-electron chi connectivity index (χ0n) is 28.5. The summed E-state index contributed by atoms with van der Waals surface area (Å²) >= 11 is 0. The van der Waals surface area contributed by atoms with Crippen molar-refractivity contribution in [2.75, 3.05) is 31.1 Å². The predicted molar refractivity (Wildman–Crippen MR) is 188 cm³/mol. The van der Waals surface area contributed by atoms with Gasteiger partial charge in [0, 0.05) is 31.0 Å². The van der Waals surface area contributed by atoms with Crippen molar-refractivity contribution in [3.63, 3.8) is 0 Å². The number of anilines is 1. The SMILES string of the molecule is CC(C)(C)[Si](OCC#CC1CN(C(=O)OCc2ccccc2)CCN1c1ncc([C@@](C)(O)C(F)(F)F)cn1)(c1ccccc1)c1ccccc1. The van der Waals surface area contributed by atoms with Crippen LogP contribution in [0.5, 0.6) is 0 Å². The lowest BCUT2D eigenvalue weighted by Gasteiger charge is -2.42. The third kappa shape index (κ3) is 7.86. The molecule has 0 bridgehead atoms. The van der Waals surface area contributed by atoms with Gasteiger partial charge in [-0.05, 0) is 27.9 Å². The Morgan fingerprint density at radius 1 is 0.880 bits per heavy atom. The number of hydrogen-bond acceptors (Lipinski definition) is 7. The molecule has 0 aliphatic carbocycles. The molecule has 1 N–H and O–H groups in total. The van der Waals surface area contributed by atoms with Gasteiger partial charge in [-0.2, -0.15) is 13.2 Å². The Labute approximate surface area is 292 Å². The molecule has 5 rings (SSSR count). The molecular weight excluding hydrogens is 662 g/mol. The molecule has 0 spiro atoms. The highest BCUT2D eigenvalue weighted by molar-refractivity contribution is 6.99. The maximum absolute atomic E-state index is 13.5. The second kappa shape index (κ2) is 15.0. The van der Waals surface area contributed by atoms with Crippen LogP contribution in [-0.2, 0) is 21.4 Å². The largest absolute Gasteiger partial charge is 0.445 e. The number of carbonyl (C=O) groups excluding carboxylic acids is 1. The molecule has 262 valence electrons. The topological polar surface area (TPSA) is 88.0 Å². The molecule has 0 radical (unpaired) electrons. The van der Waals surface area contributed by atoms with E-state index in [1.165, 1.54) is 0 Å². The predicted octanol–water partition coefficient (Wildman–Crippen LogP) is 5.65. The van der Waals surface area contributed by atoms with Gasteiger partial charge in [0.2, 0.25) is 5.95 Å². The van der Waals surface area contributed by atoms with Gasteiger partial charge in [-0.15, -0.1) is 0 Å². The summed E-state index contributed by atoms with van der Waals surface area (Å²) in [4.78, 5) is 24.8. The van der Waals surface area contributed by atoms with Crippen LogP contribution in [-0.4, -0.2) is 72.8 Å². The second-order valence-electron chi connectivity index (χ2n) is 13.3. The van der Waals surface area contributed by atoms with Crippen molar-refractivity contribution in [3.05, 3.63) is 115 Å². The minimum absolute atomic E-state index is 0.0876. The van der Waals surface area contributed by atoms with Crippen LogP contribution in [0.1, 0.15) is 38.8 Å². The maximum atomic E-state index is 13.5. The van der Waals surface area contributed by atoms with Crippen molar-refractivity contribution >= 4 is 30.7 Å². The number of amides is 1. The quantitative estimate of drug-likeness (QED) is 0.188. The fourth-order valence-electron chi connectivity index (χ4n) is 6.07. The third-order valence-corrected chi connectivity index (χ3v) is 13.9. The molecular formula is C38H41F3N4O4Si. The number of aliphatic hydroxyl groups is 1. The molecule has 4 aromatic rings. The molecule has 2 atom stereocenters. The maximum Gasteiger partial charge on any atom is 0.421 e. The number of carbonyl (C=O) groups is 1. The van der Waals surface area contributed by atoms with E-state index in [1.807, 2.05) is 66.7 Å². The lowest BCUT2D eigenvalue weighted by Crippen LogP contribution is -2.66. The molecule has 1 amide bonds. The van der Waals surface area contributed by atoms with Crippen LogP contribution in [0, 0.1) is 11.8 Å². The summed E-state index contributed by atoms with van der Waals surface area (Å²) < 4.78 is 52.9. The van der Waals surface area contributed by atoms with E-state index in [4.69, 9.17) is 9.16 Å². The molecule has 1 aliphatic heterocycles. The summed E-state index contributed by atoms with van der Waals surface area (Å²) in [5.74, 6) is 6.55. The molecule has 1 aromatic heterocycles. The fraction of sp³-hybridized carbons (Fsp3) is 0.342. The van der Waals surface area contributed by atoms with Crippen LogP contribution in [0.3, 0.4) is 0 Å². The number of ether oxygens (including phenoxy) is 1. The summed E-state index contributed by atoms with van der Waals surface area (Å²) in [7, 11) is -2.87. The summed E-state index contributed by atoms with van der Waals surface area (Å²) in [5, 5.41) is 12.1. The van der Waals surface area contributed by atoms with Crippen molar-refractivity contribution in [2.24, 2.45) is 0 Å². The summed E-state index contributed by atoms with van der Waals surface area (Å²) in [6.45, 7) is 7.98. The minimum Gasteiger partial charge on any atom is -0.445 e. The van der Waals surface area contributed by atoms with Crippen molar-refractivity contribution in [1.82, 2.24) is 14.9 Å². The van der Waals surface area contributed by atoms with Crippen LogP contribution >= 0.6 is 0 Å². The van der Waals surface area contributed by atoms with Gasteiger partial charge in [0.15, 0.2) is 5.60 Å². The van der Waals surface area contributed by atoms with E-state index in [1.54, 1.807) is 9.80 Å². The van der Waals surface area contributed by atoms with Crippen LogP contribution in [0.2, 0.25) is 5.04 Å². The van der Waals surface area contributed by atoms with Crippen molar-refractivity contribution in [1.29, 1.82) is 0 Å². The Hall–Kier alpha value is -4.70. The molecule has 2 heterocycles. The van der Waals surface area contributed by atoms with Crippen LogP contribution in [0.15, 0.2) is 103 Å². The number of nitrogens with zero attached hydrogens (tertiary/aromatic N) is 4. The van der Waals surface area contributed by atoms with Gasteiger partial charge in [-0.1, -0.05) is 124 Å². The summed E-state index contributed by atoms with van der Waals surface area (Å²) in [5.41, 5.74) is -2.76.